The Hall–Kier alpha value is -0.170. The Kier molecular flexibility index (Phi) is 5.17. The van der Waals surface area contributed by atoms with Crippen LogP contribution in [0.15, 0.2) is 0 Å². The highest BCUT2D eigenvalue weighted by atomic mass is 32.2. The molecule has 0 aliphatic carbocycles. The predicted molar refractivity (Wildman–Crippen MR) is 63.7 cm³/mol. The fraction of sp³-hybridized carbons (Fsp3) is 1.00. The standard InChI is InChI=1S/C10H22N2O3S/c1-9-3-5-12(6-4-9)8-10(13)7-11-16(2,14)15/h9-11,13H,3-8H2,1-2H3. The van der Waals surface area contributed by atoms with Crippen molar-refractivity contribution in [2.75, 3.05) is 32.4 Å². The van der Waals surface area contributed by atoms with E-state index in [1.54, 1.807) is 0 Å². The zero-order valence-electron chi connectivity index (χ0n) is 10.0. The molecule has 0 aromatic heterocycles. The molecule has 1 aliphatic rings. The van der Waals surface area contributed by atoms with Crippen LogP contribution in [0.3, 0.4) is 0 Å². The zero-order valence-corrected chi connectivity index (χ0v) is 10.8. The molecule has 1 rings (SSSR count). The molecule has 0 spiro atoms. The summed E-state index contributed by atoms with van der Waals surface area (Å²) in [4.78, 5) is 2.19. The Morgan fingerprint density at radius 1 is 1.44 bits per heavy atom. The number of nitrogens with one attached hydrogen (secondary N) is 1. The van der Waals surface area contributed by atoms with Crippen LogP contribution in [-0.2, 0) is 10.0 Å². The second-order valence-electron chi connectivity index (χ2n) is 4.76. The molecular weight excluding hydrogens is 228 g/mol. The molecular formula is C10H22N2O3S. The molecule has 0 aromatic rings. The number of sulfonamides is 1. The van der Waals surface area contributed by atoms with Gasteiger partial charge < -0.3 is 10.0 Å². The van der Waals surface area contributed by atoms with Gasteiger partial charge in [-0.05, 0) is 31.8 Å². The second-order valence-corrected chi connectivity index (χ2v) is 6.59. The van der Waals surface area contributed by atoms with Crippen LogP contribution >= 0.6 is 0 Å². The molecule has 6 heteroatoms. The first-order valence-corrected chi connectivity index (χ1v) is 7.61. The number of hydrogen-bond donors (Lipinski definition) is 2. The molecule has 1 saturated heterocycles. The van der Waals surface area contributed by atoms with Gasteiger partial charge in [-0.15, -0.1) is 0 Å². The van der Waals surface area contributed by atoms with Gasteiger partial charge in [-0.1, -0.05) is 6.92 Å². The van der Waals surface area contributed by atoms with E-state index in [0.29, 0.717) is 6.54 Å². The fourth-order valence-corrected chi connectivity index (χ4v) is 2.35. The van der Waals surface area contributed by atoms with Gasteiger partial charge in [-0.2, -0.15) is 0 Å². The van der Waals surface area contributed by atoms with Gasteiger partial charge in [0.05, 0.1) is 12.4 Å². The van der Waals surface area contributed by atoms with E-state index in [0.717, 1.165) is 38.1 Å². The van der Waals surface area contributed by atoms with Crippen molar-refractivity contribution in [3.8, 4) is 0 Å². The van der Waals surface area contributed by atoms with E-state index >= 15 is 0 Å². The van der Waals surface area contributed by atoms with Crippen LogP contribution in [0.4, 0.5) is 0 Å². The van der Waals surface area contributed by atoms with E-state index in [-0.39, 0.29) is 6.54 Å². The largest absolute Gasteiger partial charge is 0.390 e. The summed E-state index contributed by atoms with van der Waals surface area (Å²) in [7, 11) is -3.20. The first-order valence-electron chi connectivity index (χ1n) is 5.72. The average Bonchev–Trinajstić information content (AvgIpc) is 2.18. The number of nitrogens with zero attached hydrogens (tertiary/aromatic N) is 1. The third-order valence-electron chi connectivity index (χ3n) is 2.93. The van der Waals surface area contributed by atoms with Crippen molar-refractivity contribution in [1.29, 1.82) is 0 Å². The van der Waals surface area contributed by atoms with Crippen LogP contribution in [0.25, 0.3) is 0 Å². The molecule has 96 valence electrons. The van der Waals surface area contributed by atoms with Gasteiger partial charge in [0.15, 0.2) is 0 Å². The molecule has 5 nitrogen and oxygen atoms in total. The zero-order chi connectivity index (χ0) is 12.2. The lowest BCUT2D eigenvalue weighted by Crippen LogP contribution is -2.42. The third kappa shape index (κ3) is 5.79. The maximum absolute atomic E-state index is 10.8. The quantitative estimate of drug-likeness (QED) is 0.698. The van der Waals surface area contributed by atoms with E-state index < -0.39 is 16.1 Å². The van der Waals surface area contributed by atoms with Crippen molar-refractivity contribution in [2.45, 2.75) is 25.9 Å². The van der Waals surface area contributed by atoms with Crippen molar-refractivity contribution in [3.05, 3.63) is 0 Å². The second kappa shape index (κ2) is 5.95. The van der Waals surface area contributed by atoms with Gasteiger partial charge in [0, 0.05) is 13.1 Å². The van der Waals surface area contributed by atoms with Gasteiger partial charge in [0.1, 0.15) is 0 Å². The minimum atomic E-state index is -3.20. The SMILES string of the molecule is CC1CCN(CC(O)CNS(C)(=O)=O)CC1. The molecule has 0 aromatic carbocycles. The molecule has 16 heavy (non-hydrogen) atoms. The van der Waals surface area contributed by atoms with Gasteiger partial charge in [-0.3, -0.25) is 0 Å². The lowest BCUT2D eigenvalue weighted by atomic mass is 9.99. The summed E-state index contributed by atoms with van der Waals surface area (Å²) in [5.74, 6) is 0.766. The van der Waals surface area contributed by atoms with E-state index in [2.05, 4.69) is 16.5 Å². The molecule has 1 fully saturated rings. The van der Waals surface area contributed by atoms with Crippen molar-refractivity contribution in [1.82, 2.24) is 9.62 Å². The predicted octanol–water partition coefficient (Wildman–Crippen LogP) is -0.372. The maximum Gasteiger partial charge on any atom is 0.208 e. The van der Waals surface area contributed by atoms with Crippen molar-refractivity contribution in [3.63, 3.8) is 0 Å². The van der Waals surface area contributed by atoms with Crippen molar-refractivity contribution in [2.24, 2.45) is 5.92 Å². The van der Waals surface area contributed by atoms with Crippen LogP contribution in [0.1, 0.15) is 19.8 Å². The summed E-state index contributed by atoms with van der Waals surface area (Å²) in [5, 5.41) is 9.66. The molecule has 0 bridgehead atoms. The Morgan fingerprint density at radius 2 is 2.00 bits per heavy atom. The number of hydrogen-bond acceptors (Lipinski definition) is 4. The summed E-state index contributed by atoms with van der Waals surface area (Å²) >= 11 is 0. The lowest BCUT2D eigenvalue weighted by Gasteiger charge is -2.31. The minimum absolute atomic E-state index is 0.102. The number of β-amino-alcohol motifs (C(OH)–C–C–N with tert-alkyl or cyclic N) is 1. The van der Waals surface area contributed by atoms with Crippen LogP contribution in [0.5, 0.6) is 0 Å². The molecule has 1 atom stereocenters. The molecule has 1 aliphatic heterocycles. The first kappa shape index (κ1) is 13.9. The number of aliphatic hydroxyl groups excluding tert-OH is 1. The van der Waals surface area contributed by atoms with Crippen LogP contribution in [-0.4, -0.2) is 57.0 Å². The molecule has 0 radical (unpaired) electrons. The summed E-state index contributed by atoms with van der Waals surface area (Å²) in [6, 6.07) is 0. The number of aliphatic hydroxyl groups is 1. The van der Waals surface area contributed by atoms with E-state index in [1.807, 2.05) is 0 Å². The normalized spacial score (nSPS) is 22.2. The Morgan fingerprint density at radius 3 is 2.50 bits per heavy atom. The average molecular weight is 250 g/mol. The van der Waals surface area contributed by atoms with Crippen molar-refractivity contribution < 1.29 is 13.5 Å². The highest BCUT2D eigenvalue weighted by Crippen LogP contribution is 2.15. The summed E-state index contributed by atoms with van der Waals surface area (Å²) in [6.45, 7) is 4.88. The fourth-order valence-electron chi connectivity index (χ4n) is 1.85. The van der Waals surface area contributed by atoms with Crippen molar-refractivity contribution >= 4 is 10.0 Å². The molecule has 0 saturated carbocycles. The third-order valence-corrected chi connectivity index (χ3v) is 3.62. The summed E-state index contributed by atoms with van der Waals surface area (Å²) in [5.41, 5.74) is 0. The lowest BCUT2D eigenvalue weighted by molar-refractivity contribution is 0.0943. The molecule has 1 heterocycles. The Labute approximate surface area is 97.9 Å². The minimum Gasteiger partial charge on any atom is -0.390 e. The van der Waals surface area contributed by atoms with Crippen LogP contribution < -0.4 is 4.72 Å². The number of likely N-dealkylation sites (tertiary alicyclic amines) is 1. The highest BCUT2D eigenvalue weighted by molar-refractivity contribution is 7.88. The van der Waals surface area contributed by atoms with Gasteiger partial charge in [0.25, 0.3) is 0 Å². The van der Waals surface area contributed by atoms with E-state index in [4.69, 9.17) is 0 Å². The highest BCUT2D eigenvalue weighted by Gasteiger charge is 2.18. The van der Waals surface area contributed by atoms with E-state index in [9.17, 15) is 13.5 Å². The van der Waals surface area contributed by atoms with Gasteiger partial charge in [-0.25, -0.2) is 13.1 Å². The van der Waals surface area contributed by atoms with Gasteiger partial charge >= 0.3 is 0 Å². The molecule has 1 unspecified atom stereocenters. The van der Waals surface area contributed by atoms with Crippen LogP contribution in [0, 0.1) is 5.92 Å². The Balaban J connectivity index is 2.21. The van der Waals surface area contributed by atoms with Gasteiger partial charge in [0.2, 0.25) is 10.0 Å². The summed E-state index contributed by atoms with van der Waals surface area (Å²) in [6.07, 6.45) is 2.80. The Bertz CT molecular complexity index is 297. The van der Waals surface area contributed by atoms with Crippen LogP contribution in [0.2, 0.25) is 0 Å². The number of rotatable bonds is 5. The molecule has 2 N–H and O–H groups in total. The molecule has 0 amide bonds. The summed E-state index contributed by atoms with van der Waals surface area (Å²) < 4.78 is 24.0. The smallest absolute Gasteiger partial charge is 0.208 e. The topological polar surface area (TPSA) is 69.6 Å². The maximum atomic E-state index is 10.8. The first-order chi connectivity index (χ1) is 7.37. The van der Waals surface area contributed by atoms with E-state index in [1.165, 1.54) is 0 Å². The number of piperidine rings is 1. The monoisotopic (exact) mass is 250 g/mol.